The number of esters is 1. The molecular weight excluding hydrogens is 252 g/mol. The van der Waals surface area contributed by atoms with Crippen LogP contribution in [-0.2, 0) is 16.0 Å². The van der Waals surface area contributed by atoms with Gasteiger partial charge in [-0.2, -0.15) is 0 Å². The predicted molar refractivity (Wildman–Crippen MR) is 70.7 cm³/mol. The number of hydrogen-bond acceptors (Lipinski definition) is 6. The van der Waals surface area contributed by atoms with Crippen LogP contribution in [0.3, 0.4) is 0 Å². The molecule has 6 heteroatoms. The third-order valence-corrected chi connectivity index (χ3v) is 3.13. The van der Waals surface area contributed by atoms with Crippen LogP contribution in [0.2, 0.25) is 0 Å². The molecule has 0 saturated carbocycles. The number of nitrogens with zero attached hydrogens (tertiary/aromatic N) is 1. The lowest BCUT2D eigenvalue weighted by atomic mass is 10.2. The van der Waals surface area contributed by atoms with Crippen molar-refractivity contribution in [3.05, 3.63) is 16.1 Å². The average molecular weight is 272 g/mol. The summed E-state index contributed by atoms with van der Waals surface area (Å²) in [5.41, 5.74) is 1.06. The fraction of sp³-hybridized carbons (Fsp3) is 0.667. The second-order valence-corrected chi connectivity index (χ2v) is 5.04. The van der Waals surface area contributed by atoms with Crippen LogP contribution in [-0.4, -0.2) is 41.9 Å². The van der Waals surface area contributed by atoms with Crippen LogP contribution in [0.5, 0.6) is 0 Å². The van der Waals surface area contributed by atoms with Crippen LogP contribution in [0.25, 0.3) is 0 Å². The Kier molecular flexibility index (Phi) is 6.85. The number of aromatic nitrogens is 1. The smallest absolute Gasteiger partial charge is 0.308 e. The van der Waals surface area contributed by atoms with Gasteiger partial charge >= 0.3 is 5.97 Å². The first-order chi connectivity index (χ1) is 8.61. The zero-order chi connectivity index (χ0) is 13.4. The summed E-state index contributed by atoms with van der Waals surface area (Å²) in [6, 6.07) is 0. The molecule has 0 bridgehead atoms. The van der Waals surface area contributed by atoms with Gasteiger partial charge in [0.1, 0.15) is 0 Å². The Morgan fingerprint density at radius 3 is 3.06 bits per heavy atom. The Bertz CT molecular complexity index is 368. The molecule has 1 rings (SSSR count). The molecular formula is C12H20N2O3S. The van der Waals surface area contributed by atoms with Crippen molar-refractivity contribution >= 4 is 17.3 Å². The monoisotopic (exact) mass is 272 g/mol. The standard InChI is InChI=1S/C12H20N2O3S/c1-3-17-12(16)6-11(15)7-13-5-4-10-8-18-9(2)14-10/h8,11,13,15H,3-7H2,1-2H3. The van der Waals surface area contributed by atoms with E-state index >= 15 is 0 Å². The van der Waals surface area contributed by atoms with Gasteiger partial charge in [0, 0.05) is 24.9 Å². The molecule has 1 aromatic heterocycles. The first-order valence-electron chi connectivity index (χ1n) is 6.07. The highest BCUT2D eigenvalue weighted by molar-refractivity contribution is 7.09. The van der Waals surface area contributed by atoms with Crippen molar-refractivity contribution in [1.82, 2.24) is 10.3 Å². The van der Waals surface area contributed by atoms with E-state index in [0.717, 1.165) is 23.7 Å². The molecule has 102 valence electrons. The van der Waals surface area contributed by atoms with E-state index in [0.29, 0.717) is 13.2 Å². The topological polar surface area (TPSA) is 71.5 Å². The summed E-state index contributed by atoms with van der Waals surface area (Å²) in [6.45, 7) is 5.20. The Labute approximate surface area is 111 Å². The second-order valence-electron chi connectivity index (χ2n) is 3.97. The Morgan fingerprint density at radius 1 is 1.67 bits per heavy atom. The third kappa shape index (κ3) is 6.09. The summed E-state index contributed by atoms with van der Waals surface area (Å²) >= 11 is 1.63. The molecule has 1 atom stereocenters. The number of aliphatic hydroxyl groups is 1. The molecule has 1 heterocycles. The summed E-state index contributed by atoms with van der Waals surface area (Å²) in [7, 11) is 0. The lowest BCUT2D eigenvalue weighted by molar-refractivity contribution is -0.145. The van der Waals surface area contributed by atoms with Gasteiger partial charge in [-0.1, -0.05) is 0 Å². The number of carbonyl (C=O) groups is 1. The number of hydrogen-bond donors (Lipinski definition) is 2. The highest BCUT2D eigenvalue weighted by atomic mass is 32.1. The molecule has 2 N–H and O–H groups in total. The number of thiazole rings is 1. The zero-order valence-corrected chi connectivity index (χ0v) is 11.6. The summed E-state index contributed by atoms with van der Waals surface area (Å²) in [6.07, 6.45) is 0.175. The summed E-state index contributed by atoms with van der Waals surface area (Å²) in [5.74, 6) is -0.359. The van der Waals surface area contributed by atoms with Gasteiger partial charge in [0.05, 0.1) is 29.8 Å². The van der Waals surface area contributed by atoms with E-state index in [1.165, 1.54) is 0 Å². The maximum Gasteiger partial charge on any atom is 0.308 e. The zero-order valence-electron chi connectivity index (χ0n) is 10.8. The average Bonchev–Trinajstić information content (AvgIpc) is 2.71. The lowest BCUT2D eigenvalue weighted by Crippen LogP contribution is -2.30. The molecule has 5 nitrogen and oxygen atoms in total. The number of nitrogens with one attached hydrogen (secondary N) is 1. The van der Waals surface area contributed by atoms with E-state index in [2.05, 4.69) is 10.3 Å². The number of carbonyl (C=O) groups excluding carboxylic acids is 1. The normalized spacial score (nSPS) is 12.4. The Balaban J connectivity index is 2.08. The molecule has 1 unspecified atom stereocenters. The first kappa shape index (κ1) is 15.1. The van der Waals surface area contributed by atoms with Crippen LogP contribution in [0.15, 0.2) is 5.38 Å². The lowest BCUT2D eigenvalue weighted by Gasteiger charge is -2.10. The Morgan fingerprint density at radius 2 is 2.44 bits per heavy atom. The second kappa shape index (κ2) is 8.18. The fourth-order valence-electron chi connectivity index (χ4n) is 1.49. The summed E-state index contributed by atoms with van der Waals surface area (Å²) in [5, 5.41) is 15.8. The number of ether oxygens (including phenoxy) is 1. The molecule has 0 aromatic carbocycles. The maximum atomic E-state index is 11.1. The van der Waals surface area contributed by atoms with Crippen LogP contribution < -0.4 is 5.32 Å². The van der Waals surface area contributed by atoms with Gasteiger partial charge in [0.25, 0.3) is 0 Å². The fourth-order valence-corrected chi connectivity index (χ4v) is 2.14. The van der Waals surface area contributed by atoms with Gasteiger partial charge in [-0.15, -0.1) is 11.3 Å². The van der Waals surface area contributed by atoms with Gasteiger partial charge in [-0.25, -0.2) is 4.98 Å². The minimum atomic E-state index is -0.693. The SMILES string of the molecule is CCOC(=O)CC(O)CNCCc1csc(C)n1. The van der Waals surface area contributed by atoms with E-state index < -0.39 is 6.10 Å². The highest BCUT2D eigenvalue weighted by Gasteiger charge is 2.10. The van der Waals surface area contributed by atoms with Crippen LogP contribution in [0.1, 0.15) is 24.0 Å². The molecule has 0 saturated heterocycles. The van der Waals surface area contributed by atoms with E-state index in [1.54, 1.807) is 18.3 Å². The molecule has 0 aliphatic heterocycles. The van der Waals surface area contributed by atoms with Crippen molar-refractivity contribution in [3.63, 3.8) is 0 Å². The van der Waals surface area contributed by atoms with E-state index in [1.807, 2.05) is 12.3 Å². The highest BCUT2D eigenvalue weighted by Crippen LogP contribution is 2.07. The maximum absolute atomic E-state index is 11.1. The van der Waals surface area contributed by atoms with Crippen LogP contribution in [0, 0.1) is 6.92 Å². The predicted octanol–water partition coefficient (Wildman–Crippen LogP) is 0.898. The van der Waals surface area contributed by atoms with Crippen molar-refractivity contribution in [3.8, 4) is 0 Å². The molecule has 0 aliphatic rings. The van der Waals surface area contributed by atoms with Gasteiger partial charge in [0.2, 0.25) is 0 Å². The minimum Gasteiger partial charge on any atom is -0.466 e. The van der Waals surface area contributed by atoms with E-state index in [-0.39, 0.29) is 12.4 Å². The van der Waals surface area contributed by atoms with Gasteiger partial charge in [0.15, 0.2) is 0 Å². The minimum absolute atomic E-state index is 0.0383. The molecule has 0 aliphatic carbocycles. The van der Waals surface area contributed by atoms with Gasteiger partial charge < -0.3 is 15.2 Å². The van der Waals surface area contributed by atoms with Crippen LogP contribution >= 0.6 is 11.3 Å². The molecule has 0 spiro atoms. The van der Waals surface area contributed by atoms with Crippen molar-refractivity contribution in [2.24, 2.45) is 0 Å². The first-order valence-corrected chi connectivity index (χ1v) is 6.95. The van der Waals surface area contributed by atoms with Crippen molar-refractivity contribution in [1.29, 1.82) is 0 Å². The number of aliphatic hydroxyl groups excluding tert-OH is 1. The summed E-state index contributed by atoms with van der Waals surface area (Å²) in [4.78, 5) is 15.4. The van der Waals surface area contributed by atoms with Crippen molar-refractivity contribution in [2.75, 3.05) is 19.7 Å². The third-order valence-electron chi connectivity index (χ3n) is 2.31. The van der Waals surface area contributed by atoms with Crippen molar-refractivity contribution < 1.29 is 14.6 Å². The van der Waals surface area contributed by atoms with Gasteiger partial charge in [-0.3, -0.25) is 4.79 Å². The number of aryl methyl sites for hydroxylation is 1. The van der Waals surface area contributed by atoms with Gasteiger partial charge in [-0.05, 0) is 13.8 Å². The quantitative estimate of drug-likeness (QED) is 0.543. The number of rotatable bonds is 8. The largest absolute Gasteiger partial charge is 0.466 e. The molecule has 0 fully saturated rings. The summed E-state index contributed by atoms with van der Waals surface area (Å²) < 4.78 is 4.76. The molecule has 0 amide bonds. The molecule has 18 heavy (non-hydrogen) atoms. The molecule has 1 aromatic rings. The van der Waals surface area contributed by atoms with Crippen molar-refractivity contribution in [2.45, 2.75) is 32.8 Å². The molecule has 0 radical (unpaired) electrons. The van der Waals surface area contributed by atoms with E-state index in [9.17, 15) is 9.90 Å². The van der Waals surface area contributed by atoms with Crippen LogP contribution in [0.4, 0.5) is 0 Å². The van der Waals surface area contributed by atoms with E-state index in [4.69, 9.17) is 4.74 Å². The Hall–Kier alpha value is -0.980.